The van der Waals surface area contributed by atoms with Crippen molar-refractivity contribution in [3.05, 3.63) is 60.4 Å². The number of carbonyl (C=O) groups excluding carboxylic acids is 1. The Morgan fingerprint density at radius 1 is 1.23 bits per heavy atom. The molecule has 10 nitrogen and oxygen atoms in total. The molecule has 0 saturated heterocycles. The van der Waals surface area contributed by atoms with Gasteiger partial charge in [-0.25, -0.2) is 13.1 Å². The van der Waals surface area contributed by atoms with E-state index in [1.807, 2.05) is 24.3 Å². The number of aromatic nitrogens is 1. The van der Waals surface area contributed by atoms with Gasteiger partial charge in [-0.3, -0.25) is 9.78 Å². The molecule has 0 aliphatic rings. The van der Waals surface area contributed by atoms with Crippen molar-refractivity contribution >= 4 is 56.1 Å². The van der Waals surface area contributed by atoms with Crippen LogP contribution < -0.4 is 20.1 Å². The summed E-state index contributed by atoms with van der Waals surface area (Å²) in [4.78, 5) is 26.2. The van der Waals surface area contributed by atoms with Gasteiger partial charge in [0.05, 0.1) is 19.1 Å². The van der Waals surface area contributed by atoms with Gasteiger partial charge in [0.1, 0.15) is 16.9 Å². The Morgan fingerprint density at radius 2 is 2.00 bits per heavy atom. The quantitative estimate of drug-likeness (QED) is 0.221. The molecule has 0 aliphatic carbocycles. The molecule has 0 radical (unpaired) electrons. The van der Waals surface area contributed by atoms with Gasteiger partial charge in [0.25, 0.3) is 0 Å². The van der Waals surface area contributed by atoms with Crippen molar-refractivity contribution in [1.82, 2.24) is 15.0 Å². The summed E-state index contributed by atoms with van der Waals surface area (Å²) in [5.74, 6) is -1.31. The molecule has 35 heavy (non-hydrogen) atoms. The highest BCUT2D eigenvalue weighted by Crippen LogP contribution is 2.28. The first kappa shape index (κ1) is 26.0. The Morgan fingerprint density at radius 3 is 2.71 bits per heavy atom. The Bertz CT molecular complexity index is 1340. The maximum atomic E-state index is 13.0. The van der Waals surface area contributed by atoms with Crippen molar-refractivity contribution in [1.29, 1.82) is 0 Å². The Kier molecular flexibility index (Phi) is 8.68. The smallest absolute Gasteiger partial charge is 0.305 e. The molecule has 3 aromatic rings. The second-order valence-corrected chi connectivity index (χ2v) is 9.54. The van der Waals surface area contributed by atoms with Crippen molar-refractivity contribution in [2.75, 3.05) is 19.0 Å². The average Bonchev–Trinajstić information content (AvgIpc) is 2.83. The second kappa shape index (κ2) is 11.7. The van der Waals surface area contributed by atoms with Crippen molar-refractivity contribution in [3.8, 4) is 5.75 Å². The molecule has 0 amide bonds. The topological polar surface area (TPSA) is 147 Å². The van der Waals surface area contributed by atoms with Gasteiger partial charge in [-0.15, -0.1) is 0 Å². The number of nitrogens with zero attached hydrogens (tertiary/aromatic N) is 1. The number of nitrogens with one attached hydrogen (secondary N) is 3. The van der Waals surface area contributed by atoms with E-state index >= 15 is 0 Å². The number of carboxylic acid groups (broad SMARTS) is 1. The van der Waals surface area contributed by atoms with Gasteiger partial charge >= 0.3 is 5.97 Å². The van der Waals surface area contributed by atoms with Crippen LogP contribution in [0.5, 0.6) is 5.75 Å². The van der Waals surface area contributed by atoms with E-state index < -0.39 is 28.5 Å². The fourth-order valence-electron chi connectivity index (χ4n) is 3.33. The van der Waals surface area contributed by atoms with Gasteiger partial charge in [0.2, 0.25) is 10.0 Å². The molecule has 2 aromatic carbocycles. The van der Waals surface area contributed by atoms with Crippen LogP contribution in [0.4, 0.5) is 5.69 Å². The maximum absolute atomic E-state index is 13.0. The zero-order valence-corrected chi connectivity index (χ0v) is 20.4. The maximum Gasteiger partial charge on any atom is 0.305 e. The van der Waals surface area contributed by atoms with Gasteiger partial charge in [-0.1, -0.05) is 24.3 Å². The van der Waals surface area contributed by atoms with Crippen LogP contribution in [0.1, 0.15) is 12.0 Å². The summed E-state index contributed by atoms with van der Waals surface area (Å²) in [7, 11) is -2.65. The van der Waals surface area contributed by atoms with Gasteiger partial charge in [0.15, 0.2) is 5.11 Å². The number of fused-ring (bicyclic) bond motifs is 1. The van der Waals surface area contributed by atoms with Gasteiger partial charge < -0.3 is 25.3 Å². The summed E-state index contributed by atoms with van der Waals surface area (Å²) in [6.07, 6.45) is 3.49. The molecular weight excluding hydrogens is 492 g/mol. The number of aldehydes is 1. The zero-order valence-electron chi connectivity index (χ0n) is 18.7. The fourth-order valence-corrected chi connectivity index (χ4v) is 4.74. The van der Waals surface area contributed by atoms with E-state index in [9.17, 15) is 18.0 Å². The molecule has 0 fully saturated rings. The van der Waals surface area contributed by atoms with E-state index in [2.05, 4.69) is 20.3 Å². The number of ether oxygens (including phenoxy) is 1. The second-order valence-electron chi connectivity index (χ2n) is 7.45. The molecule has 0 spiro atoms. The van der Waals surface area contributed by atoms with Gasteiger partial charge in [-0.2, -0.15) is 0 Å². The summed E-state index contributed by atoms with van der Waals surface area (Å²) in [6, 6.07) is 10.6. The van der Waals surface area contributed by atoms with E-state index in [-0.39, 0.29) is 23.5 Å². The molecule has 0 aliphatic heterocycles. The number of sulfonamides is 1. The number of benzene rings is 2. The minimum absolute atomic E-state index is 0.00886. The lowest BCUT2D eigenvalue weighted by molar-refractivity contribution is -0.138. The predicted octanol–water partition coefficient (Wildman–Crippen LogP) is 2.09. The van der Waals surface area contributed by atoms with Crippen molar-refractivity contribution in [3.63, 3.8) is 0 Å². The highest BCUT2D eigenvalue weighted by molar-refractivity contribution is 7.89. The normalized spacial score (nSPS) is 12.0. The number of pyridine rings is 1. The lowest BCUT2D eigenvalue weighted by atomic mass is 10.1. The first-order valence-corrected chi connectivity index (χ1v) is 12.4. The van der Waals surface area contributed by atoms with E-state index in [4.69, 9.17) is 22.1 Å². The number of aliphatic carboxylic acids is 1. The molecule has 184 valence electrons. The van der Waals surface area contributed by atoms with Crippen LogP contribution in [0.25, 0.3) is 10.8 Å². The molecule has 1 heterocycles. The van der Waals surface area contributed by atoms with Gasteiger partial charge in [-0.05, 0) is 35.3 Å². The number of carbonyl (C=O) groups is 2. The van der Waals surface area contributed by atoms with Crippen LogP contribution >= 0.6 is 12.2 Å². The number of carboxylic acids is 1. The Labute approximate surface area is 207 Å². The van der Waals surface area contributed by atoms with Gasteiger partial charge in [0, 0.05) is 43.0 Å². The molecule has 3 rings (SSSR count). The van der Waals surface area contributed by atoms with Crippen molar-refractivity contribution in [2.45, 2.75) is 23.8 Å². The highest BCUT2D eigenvalue weighted by atomic mass is 32.2. The Hall–Kier alpha value is -3.61. The van der Waals surface area contributed by atoms with Crippen LogP contribution in [-0.2, 0) is 26.0 Å². The number of thiocarbonyl (C=S) groups is 1. The SMILES string of the molecule is CNC(=S)Nc1ccc(S(=O)(=O)NC(C=O)CC(=O)O)c(OCCc2cncc3ccccc23)c1. The van der Waals surface area contributed by atoms with Crippen LogP contribution in [0, 0.1) is 0 Å². The largest absolute Gasteiger partial charge is 0.492 e. The lowest BCUT2D eigenvalue weighted by Crippen LogP contribution is -2.37. The Balaban J connectivity index is 1.87. The number of hydrogen-bond acceptors (Lipinski definition) is 7. The molecular formula is C23H24N4O6S2. The van der Waals surface area contributed by atoms with Crippen LogP contribution in [0.15, 0.2) is 59.8 Å². The van der Waals surface area contributed by atoms with Crippen LogP contribution in [0.3, 0.4) is 0 Å². The molecule has 0 bridgehead atoms. The zero-order chi connectivity index (χ0) is 25.4. The third-order valence-electron chi connectivity index (χ3n) is 4.96. The molecule has 0 saturated carbocycles. The molecule has 4 N–H and O–H groups in total. The monoisotopic (exact) mass is 516 g/mol. The third kappa shape index (κ3) is 6.94. The number of anilines is 1. The summed E-state index contributed by atoms with van der Waals surface area (Å²) in [6.45, 7) is 0.129. The van der Waals surface area contributed by atoms with E-state index in [1.165, 1.54) is 18.2 Å². The third-order valence-corrected chi connectivity index (χ3v) is 6.80. The average molecular weight is 517 g/mol. The summed E-state index contributed by atoms with van der Waals surface area (Å²) < 4.78 is 34.0. The minimum atomic E-state index is -4.29. The molecule has 1 aromatic heterocycles. The number of hydrogen-bond donors (Lipinski definition) is 4. The minimum Gasteiger partial charge on any atom is -0.492 e. The van der Waals surface area contributed by atoms with E-state index in [0.29, 0.717) is 17.2 Å². The summed E-state index contributed by atoms with van der Waals surface area (Å²) in [5.41, 5.74) is 1.40. The predicted molar refractivity (Wildman–Crippen MR) is 135 cm³/mol. The highest BCUT2D eigenvalue weighted by Gasteiger charge is 2.25. The fraction of sp³-hybridized carbons (Fsp3) is 0.217. The van der Waals surface area contributed by atoms with Crippen LogP contribution in [-0.4, -0.2) is 55.6 Å². The van der Waals surface area contributed by atoms with Crippen LogP contribution in [0.2, 0.25) is 0 Å². The molecule has 1 unspecified atom stereocenters. The lowest BCUT2D eigenvalue weighted by Gasteiger charge is -2.17. The summed E-state index contributed by atoms with van der Waals surface area (Å²) in [5, 5.41) is 16.9. The first-order chi connectivity index (χ1) is 16.7. The van der Waals surface area contributed by atoms with E-state index in [1.54, 1.807) is 19.4 Å². The summed E-state index contributed by atoms with van der Waals surface area (Å²) >= 11 is 5.10. The standard InChI is InChI=1S/C23H24N4O6S2/c1-24-23(34)26-17-6-7-21(35(31,32)27-18(14-28)11-22(29)30)20(10-17)33-9-8-16-13-25-12-15-4-2-3-5-19(15)16/h2-7,10,12-14,18,27H,8-9,11H2,1H3,(H,29,30)(H2,24,26,34). The van der Waals surface area contributed by atoms with E-state index in [0.717, 1.165) is 16.3 Å². The van der Waals surface area contributed by atoms with Crippen molar-refractivity contribution < 1.29 is 27.9 Å². The van der Waals surface area contributed by atoms with Crippen molar-refractivity contribution in [2.24, 2.45) is 0 Å². The first-order valence-electron chi connectivity index (χ1n) is 10.5. The molecule has 1 atom stereocenters. The molecule has 12 heteroatoms. The number of rotatable bonds is 11.